The summed E-state index contributed by atoms with van der Waals surface area (Å²) in [7, 11) is 0. The van der Waals surface area contributed by atoms with Crippen molar-refractivity contribution in [1.29, 1.82) is 0 Å². The molecule has 1 amide bonds. The van der Waals surface area contributed by atoms with E-state index in [1.54, 1.807) is 12.1 Å². The third-order valence-corrected chi connectivity index (χ3v) is 12.7. The van der Waals surface area contributed by atoms with Crippen LogP contribution >= 0.6 is 0 Å². The largest absolute Gasteiger partial charge is 0.508 e. The van der Waals surface area contributed by atoms with Crippen molar-refractivity contribution in [3.63, 3.8) is 0 Å². The first-order chi connectivity index (χ1) is 27.4. The van der Waals surface area contributed by atoms with E-state index in [1.807, 2.05) is 17.0 Å². The molecular formula is C44H66N2O10. The van der Waals surface area contributed by atoms with E-state index in [1.165, 1.54) is 12.8 Å². The van der Waals surface area contributed by atoms with Gasteiger partial charge in [0.25, 0.3) is 0 Å². The summed E-state index contributed by atoms with van der Waals surface area (Å²) in [5.74, 6) is -0.642. The second-order valence-corrected chi connectivity index (χ2v) is 16.3. The number of hydrogen-bond acceptors (Lipinski definition) is 11. The lowest BCUT2D eigenvalue weighted by Gasteiger charge is -2.60. The molecule has 2 saturated carbocycles. The normalized spacial score (nSPS) is 29.3. The molecule has 6 rings (SSSR count). The fourth-order valence-corrected chi connectivity index (χ4v) is 10.1. The SMILES string of the molecule is C=CCOC12Oc3ccc(O)cc3C3C(CCCCO)C(CCCCO)C=C(C(=NOC4CCCCO4)CC1N(CCOCCO)C(=O)CCC1CCCC1)C32. The molecule has 3 fully saturated rings. The molecule has 7 unspecified atom stereocenters. The molecular weight excluding hydrogens is 716 g/mol. The Hall–Kier alpha value is -3.00. The number of amides is 1. The third-order valence-electron chi connectivity index (χ3n) is 12.7. The molecule has 4 N–H and O–H groups in total. The molecule has 0 radical (unpaired) electrons. The van der Waals surface area contributed by atoms with Crippen molar-refractivity contribution in [2.45, 2.75) is 127 Å². The maximum absolute atomic E-state index is 14.7. The van der Waals surface area contributed by atoms with Gasteiger partial charge in [0.2, 0.25) is 18.0 Å². The van der Waals surface area contributed by atoms with Gasteiger partial charge in [0.05, 0.1) is 44.7 Å². The van der Waals surface area contributed by atoms with E-state index in [0.29, 0.717) is 44.0 Å². The number of aliphatic hydroxyl groups is 3. The molecule has 1 saturated heterocycles. The molecule has 0 aromatic heterocycles. The predicted molar refractivity (Wildman–Crippen MR) is 212 cm³/mol. The van der Waals surface area contributed by atoms with Crippen LogP contribution in [-0.2, 0) is 23.8 Å². The monoisotopic (exact) mass is 782 g/mol. The average molecular weight is 783 g/mol. The van der Waals surface area contributed by atoms with E-state index in [2.05, 4.69) is 12.7 Å². The van der Waals surface area contributed by atoms with Gasteiger partial charge in [-0.3, -0.25) is 4.79 Å². The summed E-state index contributed by atoms with van der Waals surface area (Å²) in [5.41, 5.74) is 2.54. The first kappa shape index (κ1) is 42.6. The van der Waals surface area contributed by atoms with Crippen LogP contribution in [0.2, 0.25) is 0 Å². The molecule has 7 atom stereocenters. The number of phenolic OH excluding ortho intramolecular Hbond substituents is 1. The van der Waals surface area contributed by atoms with Crippen molar-refractivity contribution in [2.75, 3.05) is 52.8 Å². The van der Waals surface area contributed by atoms with Gasteiger partial charge < -0.3 is 49.1 Å². The summed E-state index contributed by atoms with van der Waals surface area (Å²) < 4.78 is 26.0. The zero-order valence-corrected chi connectivity index (χ0v) is 33.2. The van der Waals surface area contributed by atoms with Gasteiger partial charge in [0, 0.05) is 50.5 Å². The molecule has 0 spiro atoms. The number of benzene rings is 1. The van der Waals surface area contributed by atoms with Crippen molar-refractivity contribution < 1.29 is 49.0 Å². The number of oxime groups is 1. The average Bonchev–Trinajstić information content (AvgIpc) is 3.74. The number of allylic oxidation sites excluding steroid dienone is 1. The van der Waals surface area contributed by atoms with E-state index in [9.17, 15) is 25.2 Å². The number of fused-ring (bicyclic) bond motifs is 2. The number of aromatic hydroxyl groups is 1. The van der Waals surface area contributed by atoms with E-state index in [-0.39, 0.29) is 75.6 Å². The van der Waals surface area contributed by atoms with Gasteiger partial charge in [-0.05, 0) is 86.5 Å². The lowest BCUT2D eigenvalue weighted by molar-refractivity contribution is -0.258. The van der Waals surface area contributed by atoms with Gasteiger partial charge in [-0.2, -0.15) is 0 Å². The van der Waals surface area contributed by atoms with Gasteiger partial charge >= 0.3 is 0 Å². The van der Waals surface area contributed by atoms with Gasteiger partial charge in [-0.1, -0.05) is 55.8 Å². The highest BCUT2D eigenvalue weighted by Crippen LogP contribution is 2.62. The predicted octanol–water partition coefficient (Wildman–Crippen LogP) is 6.36. The summed E-state index contributed by atoms with van der Waals surface area (Å²) in [6.07, 6.45) is 17.1. The Balaban J connectivity index is 1.52. The van der Waals surface area contributed by atoms with Crippen LogP contribution < -0.4 is 4.74 Å². The minimum atomic E-state index is -1.37. The fourth-order valence-electron chi connectivity index (χ4n) is 10.1. The summed E-state index contributed by atoms with van der Waals surface area (Å²) in [6, 6.07) is 4.60. The van der Waals surface area contributed by atoms with Crippen molar-refractivity contribution in [2.24, 2.45) is 28.8 Å². The number of carbonyl (C=O) groups is 1. The van der Waals surface area contributed by atoms with E-state index < -0.39 is 24.0 Å². The van der Waals surface area contributed by atoms with Crippen molar-refractivity contribution in [3.8, 4) is 11.5 Å². The smallest absolute Gasteiger partial charge is 0.239 e. The van der Waals surface area contributed by atoms with E-state index >= 15 is 0 Å². The highest BCUT2D eigenvalue weighted by Gasteiger charge is 2.65. The quantitative estimate of drug-likeness (QED) is 0.0593. The first-order valence-electron chi connectivity index (χ1n) is 21.5. The van der Waals surface area contributed by atoms with Crippen molar-refractivity contribution in [1.82, 2.24) is 4.90 Å². The minimum absolute atomic E-state index is 0.00627. The Morgan fingerprint density at radius 1 is 0.982 bits per heavy atom. The molecule has 3 aliphatic carbocycles. The number of aliphatic hydroxyl groups excluding tert-OH is 3. The summed E-state index contributed by atoms with van der Waals surface area (Å²) in [5, 5.41) is 45.1. The molecule has 1 aromatic rings. The summed E-state index contributed by atoms with van der Waals surface area (Å²) in [6.45, 7) is 5.53. The second kappa shape index (κ2) is 21.1. The summed E-state index contributed by atoms with van der Waals surface area (Å²) >= 11 is 0. The standard InChI is InChI=1S/C44H66N2O10/c1-2-24-54-44-39(46(20-26-52-27-23-49)40(51)19-16-31-11-3-4-12-31)30-37(45-56-41-15-7-10-25-53-41)35-28-32(13-5-8-21-47)34(14-6-9-22-48)42(43(35)44)36-29-33(50)17-18-38(36)55-44/h2,17-18,28-29,31-32,34,39,41-43,47-50H,1,3-16,19-27,30H2. The maximum Gasteiger partial charge on any atom is 0.239 e. The number of nitrogens with zero attached hydrogens (tertiary/aromatic N) is 2. The molecule has 2 heterocycles. The molecule has 2 aliphatic heterocycles. The topological polar surface area (TPSA) is 160 Å². The second-order valence-electron chi connectivity index (χ2n) is 16.3. The molecule has 5 aliphatic rings. The molecule has 0 bridgehead atoms. The van der Waals surface area contributed by atoms with Gasteiger partial charge in [0.1, 0.15) is 17.5 Å². The Bertz CT molecular complexity index is 1470. The lowest BCUT2D eigenvalue weighted by atomic mass is 9.55. The van der Waals surface area contributed by atoms with Gasteiger partial charge in [-0.15, -0.1) is 6.58 Å². The van der Waals surface area contributed by atoms with Gasteiger partial charge in [0.15, 0.2) is 0 Å². The molecule has 1 aromatic carbocycles. The molecule has 12 heteroatoms. The van der Waals surface area contributed by atoms with Crippen LogP contribution in [0.15, 0.2) is 47.7 Å². The number of hydrogen-bond donors (Lipinski definition) is 4. The third kappa shape index (κ3) is 9.99. The van der Waals surface area contributed by atoms with E-state index in [4.69, 9.17) is 28.9 Å². The van der Waals surface area contributed by atoms with Crippen molar-refractivity contribution >= 4 is 11.6 Å². The Morgan fingerprint density at radius 3 is 2.50 bits per heavy atom. The number of unbranched alkanes of at least 4 members (excludes halogenated alkanes) is 2. The number of rotatable bonds is 22. The molecule has 56 heavy (non-hydrogen) atoms. The Labute approximate surface area is 332 Å². The molecule has 312 valence electrons. The van der Waals surface area contributed by atoms with Crippen molar-refractivity contribution in [3.05, 3.63) is 48.1 Å². The van der Waals surface area contributed by atoms with Gasteiger partial charge in [-0.25, -0.2) is 0 Å². The molecule has 12 nitrogen and oxygen atoms in total. The number of carbonyl (C=O) groups excluding carboxylic acids is 1. The zero-order valence-electron chi connectivity index (χ0n) is 33.2. The highest BCUT2D eigenvalue weighted by molar-refractivity contribution is 6.03. The van der Waals surface area contributed by atoms with Crippen LogP contribution in [0.1, 0.15) is 114 Å². The van der Waals surface area contributed by atoms with Crippen LogP contribution in [0.3, 0.4) is 0 Å². The van der Waals surface area contributed by atoms with Crippen LogP contribution in [0.5, 0.6) is 11.5 Å². The van der Waals surface area contributed by atoms with Crippen LogP contribution in [-0.4, -0.2) is 108 Å². The minimum Gasteiger partial charge on any atom is -0.508 e. The summed E-state index contributed by atoms with van der Waals surface area (Å²) in [4.78, 5) is 22.9. The Kier molecular flexibility index (Phi) is 16.1. The first-order valence-corrected chi connectivity index (χ1v) is 21.5. The lowest BCUT2D eigenvalue weighted by Crippen LogP contribution is -2.70. The van der Waals surface area contributed by atoms with E-state index in [0.717, 1.165) is 81.1 Å². The maximum atomic E-state index is 14.7. The van der Waals surface area contributed by atoms with Crippen LogP contribution in [0, 0.1) is 23.7 Å². The van der Waals surface area contributed by atoms with Crippen LogP contribution in [0.4, 0.5) is 0 Å². The van der Waals surface area contributed by atoms with Crippen LogP contribution in [0.25, 0.3) is 0 Å². The zero-order chi connectivity index (χ0) is 39.3. The Morgan fingerprint density at radius 2 is 1.77 bits per heavy atom. The highest BCUT2D eigenvalue weighted by atomic mass is 16.8. The number of phenols is 1. The fraction of sp³-hybridized carbons (Fsp3) is 0.727. The number of ether oxygens (including phenoxy) is 4.